The van der Waals surface area contributed by atoms with E-state index in [0.717, 1.165) is 39.4 Å². The molecule has 0 aliphatic heterocycles. The van der Waals surface area contributed by atoms with Crippen LogP contribution in [0, 0.1) is 29.4 Å². The van der Waals surface area contributed by atoms with E-state index in [1.165, 1.54) is 25.7 Å². The van der Waals surface area contributed by atoms with Crippen molar-refractivity contribution in [1.82, 2.24) is 14.5 Å². The molecular formula is C16H21N3S. The van der Waals surface area contributed by atoms with Crippen molar-refractivity contribution < 1.29 is 0 Å². The van der Waals surface area contributed by atoms with Crippen molar-refractivity contribution in [3.63, 3.8) is 0 Å². The van der Waals surface area contributed by atoms with Crippen LogP contribution >= 0.6 is 12.2 Å². The zero-order valence-corrected chi connectivity index (χ0v) is 12.9. The van der Waals surface area contributed by atoms with Gasteiger partial charge in [0.05, 0.1) is 5.52 Å². The molecular weight excluding hydrogens is 266 g/mol. The van der Waals surface area contributed by atoms with Crippen LogP contribution in [-0.2, 0) is 0 Å². The van der Waals surface area contributed by atoms with Gasteiger partial charge in [-0.05, 0) is 75.2 Å². The maximum Gasteiger partial charge on any atom is 0.179 e. The maximum atomic E-state index is 5.56. The number of H-pyrrole nitrogens is 1. The predicted octanol–water partition coefficient (Wildman–Crippen LogP) is 4.40. The minimum absolute atomic E-state index is 0.459. The number of imidazole rings is 1. The van der Waals surface area contributed by atoms with Crippen molar-refractivity contribution in [2.75, 3.05) is 0 Å². The van der Waals surface area contributed by atoms with Gasteiger partial charge in [0.1, 0.15) is 0 Å². The van der Waals surface area contributed by atoms with E-state index in [4.69, 9.17) is 17.2 Å². The van der Waals surface area contributed by atoms with Crippen molar-refractivity contribution in [3.05, 3.63) is 22.6 Å². The second kappa shape index (κ2) is 4.42. The molecule has 2 heterocycles. The van der Waals surface area contributed by atoms with E-state index in [1.807, 2.05) is 13.0 Å². The quantitative estimate of drug-likeness (QED) is 0.831. The van der Waals surface area contributed by atoms with Crippen LogP contribution in [0.25, 0.3) is 11.2 Å². The Bertz CT molecular complexity index is 714. The lowest BCUT2D eigenvalue weighted by Gasteiger charge is -2.29. The van der Waals surface area contributed by atoms with E-state index in [-0.39, 0.29) is 0 Å². The van der Waals surface area contributed by atoms with Crippen LogP contribution in [0.3, 0.4) is 0 Å². The van der Waals surface area contributed by atoms with E-state index >= 15 is 0 Å². The monoisotopic (exact) mass is 287 g/mol. The lowest BCUT2D eigenvalue weighted by molar-refractivity contribution is 0.244. The molecule has 2 aliphatic rings. The summed E-state index contributed by atoms with van der Waals surface area (Å²) < 4.78 is 3.09. The van der Waals surface area contributed by atoms with Crippen LogP contribution in [-0.4, -0.2) is 14.5 Å². The molecule has 106 valence electrons. The summed E-state index contributed by atoms with van der Waals surface area (Å²) in [6.45, 7) is 4.38. The topological polar surface area (TPSA) is 33.6 Å². The van der Waals surface area contributed by atoms with E-state index < -0.39 is 0 Å². The van der Waals surface area contributed by atoms with E-state index in [0.29, 0.717) is 6.04 Å². The summed E-state index contributed by atoms with van der Waals surface area (Å²) in [6.07, 6.45) is 5.69. The van der Waals surface area contributed by atoms with E-state index in [9.17, 15) is 0 Å². The third-order valence-electron chi connectivity index (χ3n) is 5.52. The standard InChI is InChI=1S/C16H21N3S/c1-9-3-6-14-15(17-9)19(16(20)18-14)10(2)13-8-11-4-5-12(13)7-11/h3,6,10-13H,4-5,7-8H2,1-2H3,(H,18,20). The van der Waals surface area contributed by atoms with Gasteiger partial charge in [-0.3, -0.25) is 4.57 Å². The molecule has 4 rings (SSSR count). The zero-order chi connectivity index (χ0) is 13.9. The summed E-state index contributed by atoms with van der Waals surface area (Å²) >= 11 is 5.56. The minimum atomic E-state index is 0.459. The van der Waals surface area contributed by atoms with Gasteiger partial charge < -0.3 is 4.98 Å². The molecule has 20 heavy (non-hydrogen) atoms. The number of pyridine rings is 1. The number of aromatic nitrogens is 3. The minimum Gasteiger partial charge on any atom is -0.329 e. The van der Waals surface area contributed by atoms with Gasteiger partial charge >= 0.3 is 0 Å². The third-order valence-corrected chi connectivity index (χ3v) is 5.82. The van der Waals surface area contributed by atoms with E-state index in [1.54, 1.807) is 0 Å². The van der Waals surface area contributed by atoms with Gasteiger partial charge in [0.25, 0.3) is 0 Å². The first-order valence-electron chi connectivity index (χ1n) is 7.71. The van der Waals surface area contributed by atoms with Crippen LogP contribution in [0.1, 0.15) is 44.3 Å². The molecule has 3 nitrogen and oxygen atoms in total. The van der Waals surface area contributed by atoms with Crippen molar-refractivity contribution in [2.45, 2.75) is 45.6 Å². The Kier molecular flexibility index (Phi) is 2.78. The molecule has 0 spiro atoms. The van der Waals surface area contributed by atoms with Crippen LogP contribution in [0.15, 0.2) is 12.1 Å². The molecule has 2 aromatic rings. The Labute approximate surface area is 124 Å². The fourth-order valence-corrected chi connectivity index (χ4v) is 4.91. The number of rotatable bonds is 2. The summed E-state index contributed by atoms with van der Waals surface area (Å²) in [5, 5.41) is 0. The maximum absolute atomic E-state index is 5.56. The Morgan fingerprint density at radius 2 is 2.20 bits per heavy atom. The largest absolute Gasteiger partial charge is 0.329 e. The lowest BCUT2D eigenvalue weighted by atomic mass is 9.84. The second-order valence-corrected chi connectivity index (χ2v) is 7.09. The van der Waals surface area contributed by atoms with Gasteiger partial charge in [-0.1, -0.05) is 6.42 Å². The first-order valence-corrected chi connectivity index (χ1v) is 8.12. The molecule has 0 saturated heterocycles. The zero-order valence-electron chi connectivity index (χ0n) is 12.1. The van der Waals surface area contributed by atoms with E-state index in [2.05, 4.69) is 22.5 Å². The number of aromatic amines is 1. The van der Waals surface area contributed by atoms with Crippen LogP contribution in [0.2, 0.25) is 0 Å². The molecule has 2 fully saturated rings. The van der Waals surface area contributed by atoms with Gasteiger partial charge in [0, 0.05) is 11.7 Å². The number of aryl methyl sites for hydroxylation is 1. The highest BCUT2D eigenvalue weighted by Gasteiger charge is 2.42. The Balaban J connectivity index is 1.79. The average Bonchev–Trinajstić information content (AvgIpc) is 3.10. The van der Waals surface area contributed by atoms with Crippen molar-refractivity contribution in [3.8, 4) is 0 Å². The smallest absolute Gasteiger partial charge is 0.179 e. The fourth-order valence-electron chi connectivity index (χ4n) is 4.55. The highest BCUT2D eigenvalue weighted by atomic mass is 32.1. The summed E-state index contributed by atoms with van der Waals surface area (Å²) in [6, 6.07) is 4.60. The highest BCUT2D eigenvalue weighted by Crippen LogP contribution is 2.52. The summed E-state index contributed by atoms with van der Waals surface area (Å²) in [5.74, 6) is 2.66. The number of nitrogens with zero attached hydrogens (tertiary/aromatic N) is 2. The number of nitrogens with one attached hydrogen (secondary N) is 1. The highest BCUT2D eigenvalue weighted by molar-refractivity contribution is 7.71. The predicted molar refractivity (Wildman–Crippen MR) is 83.3 cm³/mol. The molecule has 1 N–H and O–H groups in total. The molecule has 2 aromatic heterocycles. The molecule has 0 amide bonds. The first kappa shape index (κ1) is 12.6. The lowest BCUT2D eigenvalue weighted by Crippen LogP contribution is -2.22. The van der Waals surface area contributed by atoms with Crippen molar-refractivity contribution in [2.24, 2.45) is 17.8 Å². The van der Waals surface area contributed by atoms with Gasteiger partial charge in [-0.2, -0.15) is 0 Å². The molecule has 0 aromatic carbocycles. The average molecular weight is 287 g/mol. The number of fused-ring (bicyclic) bond motifs is 3. The summed E-state index contributed by atoms with van der Waals surface area (Å²) in [4.78, 5) is 8.03. The van der Waals surface area contributed by atoms with Gasteiger partial charge in [-0.25, -0.2) is 4.98 Å². The van der Waals surface area contributed by atoms with Gasteiger partial charge in [-0.15, -0.1) is 0 Å². The fraction of sp³-hybridized carbons (Fsp3) is 0.625. The molecule has 2 saturated carbocycles. The summed E-state index contributed by atoms with van der Waals surface area (Å²) in [5.41, 5.74) is 3.15. The van der Waals surface area contributed by atoms with Gasteiger partial charge in [0.15, 0.2) is 10.4 Å². The third kappa shape index (κ3) is 1.77. The molecule has 2 aliphatic carbocycles. The van der Waals surface area contributed by atoms with Crippen LogP contribution < -0.4 is 0 Å². The molecule has 4 atom stereocenters. The van der Waals surface area contributed by atoms with Crippen LogP contribution in [0.5, 0.6) is 0 Å². The van der Waals surface area contributed by atoms with Crippen molar-refractivity contribution >= 4 is 23.4 Å². The Morgan fingerprint density at radius 3 is 2.90 bits per heavy atom. The van der Waals surface area contributed by atoms with Gasteiger partial charge in [0.2, 0.25) is 0 Å². The Hall–Kier alpha value is -1.16. The molecule has 2 bridgehead atoms. The second-order valence-electron chi connectivity index (χ2n) is 6.70. The Morgan fingerprint density at radius 1 is 1.35 bits per heavy atom. The summed E-state index contributed by atoms with van der Waals surface area (Å²) in [7, 11) is 0. The first-order chi connectivity index (χ1) is 9.63. The van der Waals surface area contributed by atoms with Crippen LogP contribution in [0.4, 0.5) is 0 Å². The number of hydrogen-bond acceptors (Lipinski definition) is 2. The van der Waals surface area contributed by atoms with Crippen molar-refractivity contribution in [1.29, 1.82) is 0 Å². The normalized spacial score (nSPS) is 30.2. The molecule has 4 heteroatoms. The molecule has 0 radical (unpaired) electrons. The SMILES string of the molecule is Cc1ccc2[nH]c(=S)n(C(C)C3CC4CCC3C4)c2n1. The number of hydrogen-bond donors (Lipinski definition) is 1. The molecule has 4 unspecified atom stereocenters.